The molecule has 3 fully saturated rings. The fraction of sp³-hybridized carbons (Fsp3) is 0.800. The maximum atomic E-state index is 12.3. The van der Waals surface area contributed by atoms with Crippen LogP contribution in [0.1, 0.15) is 62.2 Å². The molecule has 6 heteroatoms. The van der Waals surface area contributed by atoms with Crippen molar-refractivity contribution in [2.24, 2.45) is 5.92 Å². The van der Waals surface area contributed by atoms with Gasteiger partial charge in [0.15, 0.2) is 5.82 Å². The molecular formula is C15H21N3O3. The largest absolute Gasteiger partial charge is 0.381 e. The Morgan fingerprint density at radius 1 is 1.14 bits per heavy atom. The van der Waals surface area contributed by atoms with E-state index in [1.807, 2.05) is 4.90 Å². The number of rotatable bonds is 3. The zero-order chi connectivity index (χ0) is 14.2. The van der Waals surface area contributed by atoms with E-state index in [1.54, 1.807) is 0 Å². The predicted molar refractivity (Wildman–Crippen MR) is 73.5 cm³/mol. The zero-order valence-corrected chi connectivity index (χ0v) is 12.2. The lowest BCUT2D eigenvalue weighted by molar-refractivity contribution is -0.133. The summed E-state index contributed by atoms with van der Waals surface area (Å²) in [5.41, 5.74) is 0. The molecule has 0 radical (unpaired) electrons. The third-order valence-electron chi connectivity index (χ3n) is 4.79. The monoisotopic (exact) mass is 291 g/mol. The Morgan fingerprint density at radius 3 is 2.71 bits per heavy atom. The minimum Gasteiger partial charge on any atom is -0.381 e. The molecule has 6 nitrogen and oxygen atoms in total. The standard InChI is InChI=1S/C15H21N3O3/c19-15(11-3-4-11)18-7-1-2-12(18)14-16-13(17-21-14)10-5-8-20-9-6-10/h10-12H,1-9H2. The Balaban J connectivity index is 1.49. The molecule has 1 aromatic rings. The van der Waals surface area contributed by atoms with Gasteiger partial charge in [0, 0.05) is 31.6 Å². The van der Waals surface area contributed by atoms with Gasteiger partial charge in [0.05, 0.1) is 0 Å². The van der Waals surface area contributed by atoms with Crippen LogP contribution in [0.25, 0.3) is 0 Å². The molecule has 1 aliphatic carbocycles. The third-order valence-corrected chi connectivity index (χ3v) is 4.79. The molecule has 1 amide bonds. The summed E-state index contributed by atoms with van der Waals surface area (Å²) in [4.78, 5) is 18.9. The van der Waals surface area contributed by atoms with E-state index in [4.69, 9.17) is 9.26 Å². The van der Waals surface area contributed by atoms with Crippen LogP contribution in [0.5, 0.6) is 0 Å². The minimum atomic E-state index is -0.000749. The van der Waals surface area contributed by atoms with Crippen molar-refractivity contribution in [3.05, 3.63) is 11.7 Å². The Kier molecular flexibility index (Phi) is 3.41. The number of carbonyl (C=O) groups excluding carboxylic acids is 1. The van der Waals surface area contributed by atoms with Crippen LogP contribution in [0.2, 0.25) is 0 Å². The molecule has 2 aliphatic heterocycles. The minimum absolute atomic E-state index is 0.000749. The van der Waals surface area contributed by atoms with Crippen molar-refractivity contribution in [3.63, 3.8) is 0 Å². The summed E-state index contributed by atoms with van der Waals surface area (Å²) in [6.45, 7) is 2.36. The van der Waals surface area contributed by atoms with Gasteiger partial charge in [0.25, 0.3) is 0 Å². The highest BCUT2D eigenvalue weighted by Gasteiger charge is 2.41. The first-order chi connectivity index (χ1) is 10.3. The summed E-state index contributed by atoms with van der Waals surface area (Å²) < 4.78 is 10.9. The summed E-state index contributed by atoms with van der Waals surface area (Å²) in [5.74, 6) is 2.29. The van der Waals surface area contributed by atoms with Gasteiger partial charge in [-0.25, -0.2) is 0 Å². The molecular weight excluding hydrogens is 270 g/mol. The Bertz CT molecular complexity index is 520. The maximum Gasteiger partial charge on any atom is 0.249 e. The summed E-state index contributed by atoms with van der Waals surface area (Å²) >= 11 is 0. The quantitative estimate of drug-likeness (QED) is 0.852. The van der Waals surface area contributed by atoms with E-state index in [2.05, 4.69) is 10.1 Å². The van der Waals surface area contributed by atoms with Gasteiger partial charge in [0.1, 0.15) is 6.04 Å². The summed E-state index contributed by atoms with van der Waals surface area (Å²) in [6.07, 6.45) is 5.95. The van der Waals surface area contributed by atoms with Crippen molar-refractivity contribution < 1.29 is 14.1 Å². The summed E-state index contributed by atoms with van der Waals surface area (Å²) in [5, 5.41) is 4.16. The normalized spacial score (nSPS) is 27.2. The number of aromatic nitrogens is 2. The second kappa shape index (κ2) is 5.40. The van der Waals surface area contributed by atoms with Gasteiger partial charge in [-0.1, -0.05) is 5.16 Å². The second-order valence-electron chi connectivity index (χ2n) is 6.34. The van der Waals surface area contributed by atoms with Crippen molar-refractivity contribution in [3.8, 4) is 0 Å². The molecule has 114 valence electrons. The molecule has 1 unspecified atom stereocenters. The zero-order valence-electron chi connectivity index (χ0n) is 12.2. The SMILES string of the molecule is O=C(C1CC1)N1CCCC1c1nc(C2CCOCC2)no1. The van der Waals surface area contributed by atoms with E-state index in [1.165, 1.54) is 0 Å². The lowest BCUT2D eigenvalue weighted by Crippen LogP contribution is -2.31. The van der Waals surface area contributed by atoms with Gasteiger partial charge < -0.3 is 14.2 Å². The average Bonchev–Trinajstić information content (AvgIpc) is 3.07. The average molecular weight is 291 g/mol. The molecule has 1 aromatic heterocycles. The van der Waals surface area contributed by atoms with Crippen LogP contribution in [0.15, 0.2) is 4.52 Å². The molecule has 1 saturated carbocycles. The number of hydrogen-bond acceptors (Lipinski definition) is 5. The van der Waals surface area contributed by atoms with Crippen LogP contribution in [0.4, 0.5) is 0 Å². The lowest BCUT2D eigenvalue weighted by Gasteiger charge is -2.21. The van der Waals surface area contributed by atoms with Gasteiger partial charge in [-0.2, -0.15) is 4.98 Å². The molecule has 21 heavy (non-hydrogen) atoms. The number of carbonyl (C=O) groups is 1. The molecule has 4 rings (SSSR count). The Morgan fingerprint density at radius 2 is 1.95 bits per heavy atom. The van der Waals surface area contributed by atoms with Gasteiger partial charge in [0.2, 0.25) is 11.8 Å². The first-order valence-electron chi connectivity index (χ1n) is 8.04. The van der Waals surface area contributed by atoms with Crippen LogP contribution in [-0.2, 0) is 9.53 Å². The first kappa shape index (κ1) is 13.2. The molecule has 3 aliphatic rings. The van der Waals surface area contributed by atoms with Crippen molar-refractivity contribution in [2.45, 2.75) is 50.5 Å². The van der Waals surface area contributed by atoms with Crippen molar-refractivity contribution >= 4 is 5.91 Å². The predicted octanol–water partition coefficient (Wildman–Crippen LogP) is 2.04. The molecule has 2 saturated heterocycles. The summed E-state index contributed by atoms with van der Waals surface area (Å²) in [6, 6.07) is -0.000749. The number of likely N-dealkylation sites (tertiary alicyclic amines) is 1. The third kappa shape index (κ3) is 2.57. The number of amides is 1. The topological polar surface area (TPSA) is 68.5 Å². The first-order valence-corrected chi connectivity index (χ1v) is 8.04. The van der Waals surface area contributed by atoms with Crippen LogP contribution < -0.4 is 0 Å². The fourth-order valence-corrected chi connectivity index (χ4v) is 3.36. The van der Waals surface area contributed by atoms with Gasteiger partial charge in [-0.15, -0.1) is 0 Å². The van der Waals surface area contributed by atoms with Crippen molar-refractivity contribution in [1.82, 2.24) is 15.0 Å². The Hall–Kier alpha value is -1.43. The van der Waals surface area contributed by atoms with Crippen molar-refractivity contribution in [2.75, 3.05) is 19.8 Å². The van der Waals surface area contributed by atoms with Gasteiger partial charge in [-0.3, -0.25) is 4.79 Å². The molecule has 0 spiro atoms. The molecule has 1 atom stereocenters. The molecule has 0 bridgehead atoms. The maximum absolute atomic E-state index is 12.3. The highest BCUT2D eigenvalue weighted by Crippen LogP contribution is 2.38. The molecule has 0 aromatic carbocycles. The van der Waals surface area contributed by atoms with Crippen LogP contribution in [-0.4, -0.2) is 40.7 Å². The smallest absolute Gasteiger partial charge is 0.249 e. The lowest BCUT2D eigenvalue weighted by atomic mass is 10.00. The second-order valence-corrected chi connectivity index (χ2v) is 6.34. The number of hydrogen-bond donors (Lipinski definition) is 0. The number of nitrogens with zero attached hydrogens (tertiary/aromatic N) is 3. The highest BCUT2D eigenvalue weighted by molar-refractivity contribution is 5.81. The van der Waals surface area contributed by atoms with Crippen LogP contribution in [0, 0.1) is 5.92 Å². The molecule has 0 N–H and O–H groups in total. The Labute approximate surface area is 123 Å². The van der Waals surface area contributed by atoms with Gasteiger partial charge in [-0.05, 0) is 38.5 Å². The number of ether oxygens (including phenoxy) is 1. The molecule has 3 heterocycles. The fourth-order valence-electron chi connectivity index (χ4n) is 3.36. The van der Waals surface area contributed by atoms with E-state index >= 15 is 0 Å². The van der Waals surface area contributed by atoms with E-state index in [-0.39, 0.29) is 17.9 Å². The van der Waals surface area contributed by atoms with Gasteiger partial charge >= 0.3 is 0 Å². The van der Waals surface area contributed by atoms with Crippen LogP contribution >= 0.6 is 0 Å². The van der Waals surface area contributed by atoms with E-state index in [0.717, 1.165) is 64.1 Å². The highest BCUT2D eigenvalue weighted by atomic mass is 16.5. The van der Waals surface area contributed by atoms with E-state index in [0.29, 0.717) is 11.8 Å². The van der Waals surface area contributed by atoms with Crippen molar-refractivity contribution in [1.29, 1.82) is 0 Å². The van der Waals surface area contributed by atoms with E-state index < -0.39 is 0 Å². The van der Waals surface area contributed by atoms with Crippen LogP contribution in [0.3, 0.4) is 0 Å². The summed E-state index contributed by atoms with van der Waals surface area (Å²) in [7, 11) is 0. The van der Waals surface area contributed by atoms with E-state index in [9.17, 15) is 4.79 Å².